The van der Waals surface area contributed by atoms with Gasteiger partial charge in [-0.25, -0.2) is 28.8 Å². The molecule has 0 amide bonds. The highest BCUT2D eigenvalue weighted by Crippen LogP contribution is 2.64. The van der Waals surface area contributed by atoms with Gasteiger partial charge in [0, 0.05) is 5.41 Å². The molecule has 4 aromatic heterocycles. The van der Waals surface area contributed by atoms with Crippen LogP contribution >= 0.6 is 11.6 Å². The van der Waals surface area contributed by atoms with Crippen LogP contribution in [-0.2, 0) is 11.0 Å². The van der Waals surface area contributed by atoms with E-state index in [-0.39, 0.29) is 11.0 Å². The van der Waals surface area contributed by atoms with Crippen LogP contribution in [-0.4, -0.2) is 44.1 Å². The van der Waals surface area contributed by atoms with E-state index in [2.05, 4.69) is 15.2 Å². The average Bonchev–Trinajstić information content (AvgIpc) is 3.56. The molecule has 2 unspecified atom stereocenters. The second-order valence-electron chi connectivity index (χ2n) is 10.5. The molecule has 4 atom stereocenters. The van der Waals surface area contributed by atoms with E-state index in [1.807, 2.05) is 56.7 Å². The molecule has 0 N–H and O–H groups in total. The monoisotopic (exact) mass is 471 g/mol. The van der Waals surface area contributed by atoms with Crippen molar-refractivity contribution in [3.8, 4) is 5.69 Å². The molecule has 34 heavy (non-hydrogen) atoms. The number of aromatic nitrogens is 9. The zero-order valence-corrected chi connectivity index (χ0v) is 19.2. The van der Waals surface area contributed by atoms with Gasteiger partial charge in [0.25, 0.3) is 0 Å². The molecule has 4 aliphatic rings. The molecule has 0 spiro atoms. The Balaban J connectivity index is 1.26. The first-order valence-corrected chi connectivity index (χ1v) is 12.2. The Morgan fingerprint density at radius 2 is 1.74 bits per heavy atom. The minimum Gasteiger partial charge on any atom is -0.245 e. The topological polar surface area (TPSA) is 91.6 Å². The molecule has 10 heteroatoms. The molecule has 1 aromatic carbocycles. The SMILES string of the molecule is Clc1ncn(C23C[C@@H]4C[C@@H](CC(c5nc6c7cnn(-c8ccccc8)c7ncn6n5)(C4)C2)C3)n1. The molecule has 170 valence electrons. The zero-order valence-electron chi connectivity index (χ0n) is 18.4. The van der Waals surface area contributed by atoms with Crippen molar-refractivity contribution in [2.75, 3.05) is 0 Å². The largest absolute Gasteiger partial charge is 0.245 e. The molecule has 0 saturated heterocycles. The summed E-state index contributed by atoms with van der Waals surface area (Å²) in [6.45, 7) is 0. The Morgan fingerprint density at radius 1 is 0.912 bits per heavy atom. The molecule has 0 radical (unpaired) electrons. The molecule has 5 aromatic rings. The standard InChI is InChI=1S/C24H22ClN9/c25-22-27-14-33(31-22)24-9-15-6-16(10-24)8-23(7-15,12-24)21-29-20-18-11-28-34(17-4-2-1-3-5-17)19(18)26-13-32(20)30-21/h1-5,11,13-16H,6-10,12H2/t15-,16+,23?,24?. The fourth-order valence-corrected chi connectivity index (χ4v) is 7.64. The van der Waals surface area contributed by atoms with Crippen molar-refractivity contribution in [3.05, 3.63) is 60.3 Å². The van der Waals surface area contributed by atoms with Gasteiger partial charge in [0.05, 0.1) is 22.8 Å². The third-order valence-corrected chi connectivity index (χ3v) is 8.53. The first-order chi connectivity index (χ1) is 16.6. The van der Waals surface area contributed by atoms with Crippen LogP contribution in [0.3, 0.4) is 0 Å². The molecule has 4 saturated carbocycles. The fraction of sp³-hybridized carbons (Fsp3) is 0.417. The second kappa shape index (κ2) is 6.41. The van der Waals surface area contributed by atoms with Gasteiger partial charge in [-0.3, -0.25) is 0 Å². The van der Waals surface area contributed by atoms with E-state index in [0.29, 0.717) is 17.1 Å². The maximum Gasteiger partial charge on any atom is 0.242 e. The predicted octanol–water partition coefficient (Wildman–Crippen LogP) is 3.96. The van der Waals surface area contributed by atoms with Crippen molar-refractivity contribution in [2.24, 2.45) is 11.8 Å². The molecular formula is C24H22ClN9. The lowest BCUT2D eigenvalue weighted by atomic mass is 9.46. The van der Waals surface area contributed by atoms with Gasteiger partial charge in [-0.05, 0) is 74.1 Å². The lowest BCUT2D eigenvalue weighted by Crippen LogP contribution is -2.58. The van der Waals surface area contributed by atoms with E-state index in [1.165, 1.54) is 6.42 Å². The molecule has 9 nitrogen and oxygen atoms in total. The maximum absolute atomic E-state index is 6.12. The average molecular weight is 472 g/mol. The summed E-state index contributed by atoms with van der Waals surface area (Å²) in [7, 11) is 0. The van der Waals surface area contributed by atoms with Crippen molar-refractivity contribution in [3.63, 3.8) is 0 Å². The van der Waals surface area contributed by atoms with Crippen LogP contribution in [0.4, 0.5) is 0 Å². The lowest BCUT2D eigenvalue weighted by molar-refractivity contribution is -0.0715. The summed E-state index contributed by atoms with van der Waals surface area (Å²) in [6.07, 6.45) is 12.2. The number of nitrogens with zero attached hydrogens (tertiary/aromatic N) is 9. The quantitative estimate of drug-likeness (QED) is 0.395. The summed E-state index contributed by atoms with van der Waals surface area (Å²) >= 11 is 6.12. The van der Waals surface area contributed by atoms with E-state index in [4.69, 9.17) is 26.7 Å². The Hall–Kier alpha value is -3.33. The van der Waals surface area contributed by atoms with Crippen molar-refractivity contribution in [1.82, 2.24) is 44.1 Å². The minimum absolute atomic E-state index is 0.0481. The molecule has 0 aliphatic heterocycles. The number of fused-ring (bicyclic) bond motifs is 3. The smallest absolute Gasteiger partial charge is 0.242 e. The van der Waals surface area contributed by atoms with Crippen molar-refractivity contribution >= 4 is 28.3 Å². The molecule has 4 aliphatic carbocycles. The van der Waals surface area contributed by atoms with Crippen LogP contribution in [0.25, 0.3) is 22.4 Å². The van der Waals surface area contributed by atoms with Gasteiger partial charge in [-0.1, -0.05) is 18.2 Å². The number of halogens is 1. The predicted molar refractivity (Wildman–Crippen MR) is 125 cm³/mol. The molecule has 4 heterocycles. The van der Waals surface area contributed by atoms with Gasteiger partial charge in [0.1, 0.15) is 12.7 Å². The first-order valence-electron chi connectivity index (χ1n) is 11.8. The summed E-state index contributed by atoms with van der Waals surface area (Å²) in [5.74, 6) is 2.23. The highest BCUT2D eigenvalue weighted by atomic mass is 35.5. The Kier molecular flexibility index (Phi) is 3.59. The van der Waals surface area contributed by atoms with Crippen LogP contribution in [0.1, 0.15) is 44.3 Å². The van der Waals surface area contributed by atoms with E-state index in [0.717, 1.165) is 60.3 Å². The van der Waals surface area contributed by atoms with Gasteiger partial charge in [-0.15, -0.1) is 10.2 Å². The molecular weight excluding hydrogens is 450 g/mol. The molecule has 9 rings (SSSR count). The maximum atomic E-state index is 6.12. The number of hydrogen-bond donors (Lipinski definition) is 0. The van der Waals surface area contributed by atoms with E-state index in [1.54, 1.807) is 6.33 Å². The van der Waals surface area contributed by atoms with Crippen LogP contribution in [0, 0.1) is 11.8 Å². The van der Waals surface area contributed by atoms with E-state index in [9.17, 15) is 0 Å². The van der Waals surface area contributed by atoms with Crippen LogP contribution in [0.2, 0.25) is 5.28 Å². The van der Waals surface area contributed by atoms with E-state index >= 15 is 0 Å². The van der Waals surface area contributed by atoms with Crippen LogP contribution in [0.15, 0.2) is 49.2 Å². The van der Waals surface area contributed by atoms with Crippen molar-refractivity contribution < 1.29 is 0 Å². The number of rotatable bonds is 3. The second-order valence-corrected chi connectivity index (χ2v) is 10.8. The third kappa shape index (κ3) is 2.50. The summed E-state index contributed by atoms with van der Waals surface area (Å²) in [4.78, 5) is 14.1. The van der Waals surface area contributed by atoms with Gasteiger partial charge in [-0.2, -0.15) is 5.10 Å². The molecule has 4 fully saturated rings. The summed E-state index contributed by atoms with van der Waals surface area (Å²) in [5, 5.41) is 15.4. The number of hydrogen-bond acceptors (Lipinski definition) is 6. The summed E-state index contributed by atoms with van der Waals surface area (Å²) in [6, 6.07) is 10.1. The molecule has 4 bridgehead atoms. The van der Waals surface area contributed by atoms with Crippen molar-refractivity contribution in [2.45, 2.75) is 49.5 Å². The van der Waals surface area contributed by atoms with Gasteiger partial charge in [0.2, 0.25) is 5.28 Å². The van der Waals surface area contributed by atoms with E-state index < -0.39 is 0 Å². The normalized spacial score (nSPS) is 30.0. The Labute approximate surface area is 199 Å². The highest BCUT2D eigenvalue weighted by molar-refractivity contribution is 6.28. The van der Waals surface area contributed by atoms with Gasteiger partial charge >= 0.3 is 0 Å². The van der Waals surface area contributed by atoms with Crippen LogP contribution < -0.4 is 0 Å². The third-order valence-electron chi connectivity index (χ3n) is 8.36. The van der Waals surface area contributed by atoms with Crippen LogP contribution in [0.5, 0.6) is 0 Å². The number of benzene rings is 1. The summed E-state index contributed by atoms with van der Waals surface area (Å²) in [5.41, 5.74) is 2.47. The lowest BCUT2D eigenvalue weighted by Gasteiger charge is -2.60. The summed E-state index contributed by atoms with van der Waals surface area (Å²) < 4.78 is 5.73. The Morgan fingerprint density at radius 3 is 2.50 bits per heavy atom. The van der Waals surface area contributed by atoms with Gasteiger partial charge < -0.3 is 0 Å². The van der Waals surface area contributed by atoms with Crippen molar-refractivity contribution in [1.29, 1.82) is 0 Å². The van der Waals surface area contributed by atoms with Gasteiger partial charge in [0.15, 0.2) is 17.1 Å². The number of para-hydroxylation sites is 1. The first kappa shape index (κ1) is 19.0. The minimum atomic E-state index is -0.0592. The zero-order chi connectivity index (χ0) is 22.5. The Bertz CT molecular complexity index is 1550. The fourth-order valence-electron chi connectivity index (χ4n) is 7.52. The highest BCUT2D eigenvalue weighted by Gasteiger charge is 2.61.